The first-order chi connectivity index (χ1) is 13.6. The Morgan fingerprint density at radius 1 is 1.28 bits per heavy atom. The number of hydrogen-bond donors (Lipinski definition) is 3. The summed E-state index contributed by atoms with van der Waals surface area (Å²) in [6, 6.07) is 0.860. The fourth-order valence-electron chi connectivity index (χ4n) is 3.06. The molecular formula is C18H28N4O5S2. The van der Waals surface area contributed by atoms with Crippen molar-refractivity contribution in [3.8, 4) is 0 Å². The van der Waals surface area contributed by atoms with Gasteiger partial charge < -0.3 is 15.5 Å². The Kier molecular flexibility index (Phi) is 7.78. The Bertz CT molecular complexity index is 830. The third-order valence-corrected chi connectivity index (χ3v) is 7.08. The van der Waals surface area contributed by atoms with E-state index in [2.05, 4.69) is 15.4 Å². The third-order valence-electron chi connectivity index (χ3n) is 4.92. The molecule has 29 heavy (non-hydrogen) atoms. The molecule has 9 nitrogen and oxygen atoms in total. The fourth-order valence-corrected chi connectivity index (χ4v) is 4.50. The van der Waals surface area contributed by atoms with Gasteiger partial charge in [0.25, 0.3) is 5.91 Å². The van der Waals surface area contributed by atoms with Crippen molar-refractivity contribution in [2.75, 3.05) is 25.4 Å². The van der Waals surface area contributed by atoms with E-state index >= 15 is 0 Å². The summed E-state index contributed by atoms with van der Waals surface area (Å²) < 4.78 is 25.7. The van der Waals surface area contributed by atoms with Crippen molar-refractivity contribution < 1.29 is 22.8 Å². The molecule has 11 heteroatoms. The number of nitrogens with zero attached hydrogens (tertiary/aromatic N) is 1. The van der Waals surface area contributed by atoms with Crippen LogP contribution in [-0.4, -0.2) is 68.0 Å². The number of sulfonamides is 1. The molecule has 1 saturated heterocycles. The maximum atomic E-state index is 12.5. The minimum Gasteiger partial charge on any atom is -0.349 e. The highest BCUT2D eigenvalue weighted by Crippen LogP contribution is 2.22. The van der Waals surface area contributed by atoms with Gasteiger partial charge in [-0.3, -0.25) is 14.4 Å². The summed E-state index contributed by atoms with van der Waals surface area (Å²) in [5, 5.41) is 9.02. The van der Waals surface area contributed by atoms with Gasteiger partial charge in [-0.1, -0.05) is 0 Å². The van der Waals surface area contributed by atoms with Crippen molar-refractivity contribution in [1.82, 2.24) is 20.3 Å². The summed E-state index contributed by atoms with van der Waals surface area (Å²) in [6.45, 7) is 5.64. The summed E-state index contributed by atoms with van der Waals surface area (Å²) in [5.74, 6) is -0.952. The molecule has 2 rings (SSSR count). The number of hydrogen-bond acceptors (Lipinski definition) is 6. The molecule has 0 aliphatic carbocycles. The topological polar surface area (TPSA) is 125 Å². The van der Waals surface area contributed by atoms with Gasteiger partial charge in [-0.05, 0) is 45.1 Å². The van der Waals surface area contributed by atoms with Gasteiger partial charge in [-0.25, -0.2) is 13.1 Å². The van der Waals surface area contributed by atoms with Crippen LogP contribution >= 0.6 is 11.3 Å². The van der Waals surface area contributed by atoms with Gasteiger partial charge in [-0.15, -0.1) is 0 Å². The number of carbonyl (C=O) groups is 3. The number of thiophene rings is 1. The first-order valence-corrected chi connectivity index (χ1v) is 12.0. The van der Waals surface area contributed by atoms with Gasteiger partial charge in [0.15, 0.2) is 0 Å². The third kappa shape index (κ3) is 6.79. The Labute approximate surface area is 175 Å². The van der Waals surface area contributed by atoms with E-state index in [0.717, 1.165) is 0 Å². The predicted octanol–water partition coefficient (Wildman–Crippen LogP) is 0.303. The van der Waals surface area contributed by atoms with Crippen molar-refractivity contribution in [3.63, 3.8) is 0 Å². The summed E-state index contributed by atoms with van der Waals surface area (Å²) >= 11 is 1.41. The number of carbonyl (C=O) groups excluding carboxylic acids is 3. The highest BCUT2D eigenvalue weighted by Gasteiger charge is 2.34. The number of piperidine rings is 1. The van der Waals surface area contributed by atoms with Crippen LogP contribution in [0.25, 0.3) is 0 Å². The van der Waals surface area contributed by atoms with E-state index < -0.39 is 21.6 Å². The molecule has 1 fully saturated rings. The number of likely N-dealkylation sites (tertiary alicyclic amines) is 1. The quantitative estimate of drug-likeness (QED) is 0.532. The van der Waals surface area contributed by atoms with Gasteiger partial charge in [0.1, 0.15) is 0 Å². The van der Waals surface area contributed by atoms with E-state index in [1.807, 2.05) is 6.92 Å². The van der Waals surface area contributed by atoms with Gasteiger partial charge >= 0.3 is 0 Å². The lowest BCUT2D eigenvalue weighted by atomic mass is 9.89. The van der Waals surface area contributed by atoms with Gasteiger partial charge in [0, 0.05) is 29.6 Å². The number of amides is 3. The normalized spacial score (nSPS) is 17.4. The van der Waals surface area contributed by atoms with Crippen molar-refractivity contribution in [2.24, 2.45) is 0 Å². The van der Waals surface area contributed by atoms with Crippen LogP contribution in [0, 0.1) is 0 Å². The standard InChI is InChI=1S/C18H28N4O5S2/c1-4-29(26,27)21-13(2)17(25)22-8-6-18(3,7-9-22)20-15(23)11-19-16(24)14-5-10-28-12-14/h5,10,12-13,21H,4,6-9,11H2,1-3H3,(H,19,24)(H,20,23). The summed E-state index contributed by atoms with van der Waals surface area (Å²) in [4.78, 5) is 38.2. The molecule has 0 aromatic carbocycles. The molecule has 1 unspecified atom stereocenters. The Morgan fingerprint density at radius 3 is 2.48 bits per heavy atom. The molecule has 0 spiro atoms. The molecule has 0 radical (unpaired) electrons. The SMILES string of the molecule is CCS(=O)(=O)NC(C)C(=O)N1CCC(C)(NC(=O)CNC(=O)c2ccsc2)CC1. The van der Waals surface area contributed by atoms with Gasteiger partial charge in [-0.2, -0.15) is 11.3 Å². The van der Waals surface area contributed by atoms with Crippen LogP contribution in [0.2, 0.25) is 0 Å². The second kappa shape index (κ2) is 9.68. The average molecular weight is 445 g/mol. The van der Waals surface area contributed by atoms with Crippen LogP contribution in [0.15, 0.2) is 16.8 Å². The second-order valence-electron chi connectivity index (χ2n) is 7.37. The van der Waals surface area contributed by atoms with Crippen molar-refractivity contribution in [1.29, 1.82) is 0 Å². The van der Waals surface area contributed by atoms with Gasteiger partial charge in [0.05, 0.1) is 18.3 Å². The molecular weight excluding hydrogens is 416 g/mol. The lowest BCUT2D eigenvalue weighted by molar-refractivity contribution is -0.134. The summed E-state index contributed by atoms with van der Waals surface area (Å²) in [5.41, 5.74) is 0.0290. The zero-order valence-electron chi connectivity index (χ0n) is 16.9. The molecule has 162 valence electrons. The van der Waals surface area contributed by atoms with E-state index in [4.69, 9.17) is 0 Å². The lowest BCUT2D eigenvalue weighted by Crippen LogP contribution is -2.57. The van der Waals surface area contributed by atoms with Crippen LogP contribution in [0.5, 0.6) is 0 Å². The van der Waals surface area contributed by atoms with Crippen molar-refractivity contribution in [2.45, 2.75) is 45.2 Å². The van der Waals surface area contributed by atoms with Crippen LogP contribution in [0.1, 0.15) is 44.0 Å². The maximum absolute atomic E-state index is 12.5. The van der Waals surface area contributed by atoms with E-state index in [0.29, 0.717) is 31.5 Å². The summed E-state index contributed by atoms with van der Waals surface area (Å²) in [7, 11) is -3.46. The first-order valence-electron chi connectivity index (χ1n) is 9.45. The van der Waals surface area contributed by atoms with E-state index in [-0.39, 0.29) is 30.0 Å². The Morgan fingerprint density at radius 2 is 1.93 bits per heavy atom. The molecule has 1 aromatic rings. The molecule has 1 atom stereocenters. The van der Waals surface area contributed by atoms with Gasteiger partial charge in [0.2, 0.25) is 21.8 Å². The maximum Gasteiger partial charge on any atom is 0.252 e. The van der Waals surface area contributed by atoms with E-state index in [1.165, 1.54) is 25.2 Å². The fraction of sp³-hybridized carbons (Fsp3) is 0.611. The second-order valence-corrected chi connectivity index (χ2v) is 10.2. The lowest BCUT2D eigenvalue weighted by Gasteiger charge is -2.40. The zero-order chi connectivity index (χ0) is 21.7. The largest absolute Gasteiger partial charge is 0.349 e. The summed E-state index contributed by atoms with van der Waals surface area (Å²) in [6.07, 6.45) is 1.08. The molecule has 1 aliphatic rings. The van der Waals surface area contributed by atoms with Crippen LogP contribution in [-0.2, 0) is 19.6 Å². The number of rotatable bonds is 8. The molecule has 1 aromatic heterocycles. The van der Waals surface area contributed by atoms with Crippen molar-refractivity contribution in [3.05, 3.63) is 22.4 Å². The smallest absolute Gasteiger partial charge is 0.252 e. The van der Waals surface area contributed by atoms with Crippen LogP contribution in [0.3, 0.4) is 0 Å². The minimum absolute atomic E-state index is 0.0856. The predicted molar refractivity (Wildman–Crippen MR) is 111 cm³/mol. The average Bonchev–Trinajstić information content (AvgIpc) is 3.20. The Hall–Kier alpha value is -1.98. The molecule has 1 aliphatic heterocycles. The first kappa shape index (κ1) is 23.3. The minimum atomic E-state index is -3.46. The Balaban J connectivity index is 1.79. The highest BCUT2D eigenvalue weighted by atomic mass is 32.2. The highest BCUT2D eigenvalue weighted by molar-refractivity contribution is 7.89. The molecule has 3 amide bonds. The van der Waals surface area contributed by atoms with Crippen molar-refractivity contribution >= 4 is 39.1 Å². The van der Waals surface area contributed by atoms with E-state index in [1.54, 1.807) is 21.7 Å². The van der Waals surface area contributed by atoms with E-state index in [9.17, 15) is 22.8 Å². The molecule has 0 bridgehead atoms. The molecule has 0 saturated carbocycles. The van der Waals surface area contributed by atoms with Crippen LogP contribution in [0.4, 0.5) is 0 Å². The monoisotopic (exact) mass is 444 g/mol. The molecule has 2 heterocycles. The zero-order valence-corrected chi connectivity index (χ0v) is 18.5. The number of nitrogens with one attached hydrogen (secondary N) is 3. The molecule has 3 N–H and O–H groups in total. The van der Waals surface area contributed by atoms with Crippen LogP contribution < -0.4 is 15.4 Å².